The van der Waals surface area contributed by atoms with E-state index in [9.17, 15) is 4.79 Å². The molecular formula is C21H28Cl2N4O2. The van der Waals surface area contributed by atoms with Crippen molar-refractivity contribution in [1.82, 2.24) is 20.0 Å². The van der Waals surface area contributed by atoms with Crippen LogP contribution in [0.3, 0.4) is 0 Å². The molecule has 0 bridgehead atoms. The molecule has 0 saturated carbocycles. The van der Waals surface area contributed by atoms with Crippen LogP contribution in [0.25, 0.3) is 5.69 Å². The number of carbonyl (C=O) groups is 1. The summed E-state index contributed by atoms with van der Waals surface area (Å²) in [5.74, 6) is -0.000699. The Hall–Kier alpha value is -1.60. The summed E-state index contributed by atoms with van der Waals surface area (Å²) in [6.07, 6.45) is 0.758. The Morgan fingerprint density at radius 3 is 2.55 bits per heavy atom. The van der Waals surface area contributed by atoms with Crippen molar-refractivity contribution in [2.75, 3.05) is 26.2 Å². The number of morpholine rings is 1. The molecule has 6 nitrogen and oxygen atoms in total. The molecule has 0 spiro atoms. The van der Waals surface area contributed by atoms with Crippen LogP contribution in [0.15, 0.2) is 18.2 Å². The number of ether oxygens (including phenoxy) is 1. The summed E-state index contributed by atoms with van der Waals surface area (Å²) in [6, 6.07) is 5.38. The van der Waals surface area contributed by atoms with Crippen LogP contribution in [0, 0.1) is 13.8 Å². The molecule has 8 heteroatoms. The van der Waals surface area contributed by atoms with Gasteiger partial charge >= 0.3 is 0 Å². The van der Waals surface area contributed by atoms with Crippen LogP contribution in [0.2, 0.25) is 10.0 Å². The lowest BCUT2D eigenvalue weighted by atomic mass is 10.1. The molecule has 158 valence electrons. The maximum absolute atomic E-state index is 12.5. The van der Waals surface area contributed by atoms with E-state index < -0.39 is 0 Å². The summed E-state index contributed by atoms with van der Waals surface area (Å²) >= 11 is 12.1. The van der Waals surface area contributed by atoms with Gasteiger partial charge in [0.1, 0.15) is 0 Å². The summed E-state index contributed by atoms with van der Waals surface area (Å²) in [5, 5.41) is 8.59. The molecule has 1 saturated heterocycles. The first-order chi connectivity index (χ1) is 13.7. The van der Waals surface area contributed by atoms with Gasteiger partial charge in [-0.25, -0.2) is 4.68 Å². The molecule has 1 fully saturated rings. The van der Waals surface area contributed by atoms with Crippen LogP contribution in [0.1, 0.15) is 30.8 Å². The number of aromatic nitrogens is 2. The molecular weight excluding hydrogens is 411 g/mol. The van der Waals surface area contributed by atoms with Gasteiger partial charge in [0.15, 0.2) is 0 Å². The predicted molar refractivity (Wildman–Crippen MR) is 116 cm³/mol. The minimum absolute atomic E-state index is 0.000699. The van der Waals surface area contributed by atoms with Gasteiger partial charge in [-0.3, -0.25) is 9.69 Å². The monoisotopic (exact) mass is 438 g/mol. The highest BCUT2D eigenvalue weighted by atomic mass is 35.5. The molecule has 1 N–H and O–H groups in total. The molecule has 1 aromatic carbocycles. The van der Waals surface area contributed by atoms with Crippen molar-refractivity contribution in [3.63, 3.8) is 0 Å². The second-order valence-corrected chi connectivity index (χ2v) is 8.52. The second-order valence-electron chi connectivity index (χ2n) is 7.70. The van der Waals surface area contributed by atoms with Gasteiger partial charge in [-0.05, 0) is 45.9 Å². The quantitative estimate of drug-likeness (QED) is 0.748. The Morgan fingerprint density at radius 1 is 1.21 bits per heavy atom. The van der Waals surface area contributed by atoms with E-state index >= 15 is 0 Å². The maximum Gasteiger partial charge on any atom is 0.224 e. The average Bonchev–Trinajstić information content (AvgIpc) is 2.91. The summed E-state index contributed by atoms with van der Waals surface area (Å²) in [4.78, 5) is 14.8. The van der Waals surface area contributed by atoms with Crippen molar-refractivity contribution in [2.45, 2.75) is 46.3 Å². The topological polar surface area (TPSA) is 59.4 Å². The zero-order valence-corrected chi connectivity index (χ0v) is 18.8. The Labute approximate surface area is 182 Å². The van der Waals surface area contributed by atoms with E-state index in [-0.39, 0.29) is 18.1 Å². The minimum Gasteiger partial charge on any atom is -0.373 e. The number of carbonyl (C=O) groups excluding carboxylic acids is 1. The second kappa shape index (κ2) is 9.47. The molecule has 0 unspecified atom stereocenters. The van der Waals surface area contributed by atoms with Gasteiger partial charge < -0.3 is 10.1 Å². The predicted octanol–water partition coefficient (Wildman–Crippen LogP) is 3.56. The van der Waals surface area contributed by atoms with Crippen LogP contribution in [0.4, 0.5) is 0 Å². The largest absolute Gasteiger partial charge is 0.373 e. The van der Waals surface area contributed by atoms with E-state index in [2.05, 4.69) is 29.2 Å². The summed E-state index contributed by atoms with van der Waals surface area (Å²) < 4.78 is 7.55. The maximum atomic E-state index is 12.5. The molecule has 0 aliphatic carbocycles. The first-order valence-corrected chi connectivity index (χ1v) is 10.6. The highest BCUT2D eigenvalue weighted by Crippen LogP contribution is 2.26. The van der Waals surface area contributed by atoms with Gasteiger partial charge in [-0.1, -0.05) is 23.2 Å². The average molecular weight is 439 g/mol. The fraction of sp³-hybridized carbons (Fsp3) is 0.524. The van der Waals surface area contributed by atoms with Crippen molar-refractivity contribution in [3.05, 3.63) is 45.2 Å². The molecule has 1 aliphatic rings. The Morgan fingerprint density at radius 2 is 1.90 bits per heavy atom. The number of nitrogens with one attached hydrogen (secondary N) is 1. The van der Waals surface area contributed by atoms with E-state index in [0.717, 1.165) is 42.3 Å². The molecule has 0 radical (unpaired) electrons. The third kappa shape index (κ3) is 5.51. The molecule has 2 aromatic rings. The normalized spacial score (nSPS) is 20.1. The third-order valence-electron chi connectivity index (χ3n) is 5.17. The first kappa shape index (κ1) is 22.1. The highest BCUT2D eigenvalue weighted by molar-refractivity contribution is 6.42. The zero-order chi connectivity index (χ0) is 21.1. The van der Waals surface area contributed by atoms with Crippen LogP contribution >= 0.6 is 23.2 Å². The molecule has 29 heavy (non-hydrogen) atoms. The van der Waals surface area contributed by atoms with Gasteiger partial charge in [0, 0.05) is 37.4 Å². The Kier molecular flexibility index (Phi) is 7.22. The molecule has 1 amide bonds. The van der Waals surface area contributed by atoms with E-state index in [1.165, 1.54) is 0 Å². The number of aryl methyl sites for hydroxylation is 1. The van der Waals surface area contributed by atoms with Gasteiger partial charge in [0.2, 0.25) is 5.91 Å². The van der Waals surface area contributed by atoms with Crippen LogP contribution in [-0.2, 0) is 16.0 Å². The van der Waals surface area contributed by atoms with Crippen LogP contribution < -0.4 is 5.32 Å². The molecule has 2 atom stereocenters. The lowest BCUT2D eigenvalue weighted by Gasteiger charge is -2.35. The van der Waals surface area contributed by atoms with E-state index in [1.807, 2.05) is 19.9 Å². The minimum atomic E-state index is -0.000699. The number of halogens is 2. The fourth-order valence-corrected chi connectivity index (χ4v) is 4.13. The van der Waals surface area contributed by atoms with Crippen molar-refractivity contribution in [1.29, 1.82) is 0 Å². The Bertz CT molecular complexity index is 874. The van der Waals surface area contributed by atoms with E-state index in [4.69, 9.17) is 27.9 Å². The molecule has 1 aromatic heterocycles. The van der Waals surface area contributed by atoms with E-state index in [0.29, 0.717) is 23.0 Å². The number of nitrogens with zero attached hydrogens (tertiary/aromatic N) is 3. The summed E-state index contributed by atoms with van der Waals surface area (Å²) in [5.41, 5.74) is 3.51. The number of rotatable bonds is 6. The summed E-state index contributed by atoms with van der Waals surface area (Å²) in [6.45, 7) is 11.3. The smallest absolute Gasteiger partial charge is 0.224 e. The van der Waals surface area contributed by atoms with E-state index in [1.54, 1.807) is 16.8 Å². The highest BCUT2D eigenvalue weighted by Gasteiger charge is 2.22. The van der Waals surface area contributed by atoms with Crippen molar-refractivity contribution in [3.8, 4) is 5.69 Å². The van der Waals surface area contributed by atoms with Gasteiger partial charge in [0.25, 0.3) is 0 Å². The van der Waals surface area contributed by atoms with Gasteiger partial charge in [-0.2, -0.15) is 5.10 Å². The number of hydrogen-bond donors (Lipinski definition) is 1. The lowest BCUT2D eigenvalue weighted by molar-refractivity contribution is -0.120. The SMILES string of the molecule is Cc1nn(-c2ccc(Cl)c(Cl)c2)c(C)c1CC(=O)NCCN1C[C@@H](C)O[C@@H](C)C1. The fourth-order valence-electron chi connectivity index (χ4n) is 3.84. The summed E-state index contributed by atoms with van der Waals surface area (Å²) in [7, 11) is 0. The van der Waals surface area contributed by atoms with Crippen LogP contribution in [-0.4, -0.2) is 59.0 Å². The van der Waals surface area contributed by atoms with Crippen molar-refractivity contribution in [2.24, 2.45) is 0 Å². The number of amides is 1. The van der Waals surface area contributed by atoms with Crippen LogP contribution in [0.5, 0.6) is 0 Å². The van der Waals surface area contributed by atoms with Crippen molar-refractivity contribution < 1.29 is 9.53 Å². The zero-order valence-electron chi connectivity index (χ0n) is 17.3. The molecule has 3 rings (SSSR count). The standard InChI is InChI=1S/C21H28Cl2N4O2/c1-13-11-26(12-14(2)29-13)8-7-24-21(28)10-18-15(3)25-27(16(18)4)17-5-6-19(22)20(23)9-17/h5-6,9,13-14H,7-8,10-12H2,1-4H3,(H,24,28)/t13-,14+. The van der Waals surface area contributed by atoms with Crippen molar-refractivity contribution >= 4 is 29.1 Å². The van der Waals surface area contributed by atoms with Gasteiger partial charge in [-0.15, -0.1) is 0 Å². The first-order valence-electron chi connectivity index (χ1n) is 9.89. The third-order valence-corrected chi connectivity index (χ3v) is 5.91. The lowest BCUT2D eigenvalue weighted by Crippen LogP contribution is -2.48. The number of hydrogen-bond acceptors (Lipinski definition) is 4. The number of benzene rings is 1. The Balaban J connectivity index is 1.59. The van der Waals surface area contributed by atoms with Gasteiger partial charge in [0.05, 0.1) is 40.1 Å². The molecule has 2 heterocycles. The molecule has 1 aliphatic heterocycles.